The Morgan fingerprint density at radius 1 is 1.32 bits per heavy atom. The van der Waals surface area contributed by atoms with Crippen molar-refractivity contribution >= 4 is 29.0 Å². The van der Waals surface area contributed by atoms with Gasteiger partial charge >= 0.3 is 0 Å². The highest BCUT2D eigenvalue weighted by Crippen LogP contribution is 2.20. The molecule has 1 N–H and O–H groups in total. The van der Waals surface area contributed by atoms with E-state index in [4.69, 9.17) is 0 Å². The molecule has 31 heavy (non-hydrogen) atoms. The molecule has 1 amide bonds. The van der Waals surface area contributed by atoms with Crippen LogP contribution in [0.25, 0.3) is 11.3 Å². The highest BCUT2D eigenvalue weighted by molar-refractivity contribution is 7.98. The number of carbonyl (C=O) groups is 1. The molecule has 3 heterocycles. The average molecular weight is 434 g/mol. The normalized spacial score (nSPS) is 10.9. The van der Waals surface area contributed by atoms with Crippen molar-refractivity contribution in [3.63, 3.8) is 0 Å². The van der Waals surface area contributed by atoms with E-state index in [0.717, 1.165) is 22.6 Å². The summed E-state index contributed by atoms with van der Waals surface area (Å²) in [6, 6.07) is 9.46. The maximum absolute atomic E-state index is 12.6. The molecular weight excluding hydrogens is 414 g/mol. The summed E-state index contributed by atoms with van der Waals surface area (Å²) >= 11 is 1.44. The van der Waals surface area contributed by atoms with Gasteiger partial charge in [-0.3, -0.25) is 4.79 Å². The Morgan fingerprint density at radius 2 is 2.16 bits per heavy atom. The molecule has 10 nitrogen and oxygen atoms in total. The first-order chi connectivity index (χ1) is 15.0. The second-order valence-electron chi connectivity index (χ2n) is 6.84. The Hall–Kier alpha value is -3.78. The molecule has 0 saturated heterocycles. The average Bonchev–Trinajstić information content (AvgIpc) is 3.40. The number of amides is 1. The van der Waals surface area contributed by atoms with Gasteiger partial charge in [0.25, 0.3) is 0 Å². The minimum Gasteiger partial charge on any atom is -0.326 e. The number of nitrogens with one attached hydrogen (secondary N) is 1. The van der Waals surface area contributed by atoms with E-state index in [1.54, 1.807) is 9.20 Å². The summed E-state index contributed by atoms with van der Waals surface area (Å²) in [5, 5.41) is 28.7. The van der Waals surface area contributed by atoms with E-state index >= 15 is 0 Å². The lowest BCUT2D eigenvalue weighted by molar-refractivity contribution is -0.116. The Kier molecular flexibility index (Phi) is 5.64. The highest BCUT2D eigenvalue weighted by Gasteiger charge is 2.15. The Labute approximate surface area is 182 Å². The van der Waals surface area contributed by atoms with Crippen LogP contribution < -0.4 is 5.32 Å². The molecule has 4 rings (SSSR count). The maximum atomic E-state index is 12.6. The molecule has 3 aromatic heterocycles. The number of rotatable bonds is 6. The van der Waals surface area contributed by atoms with Crippen molar-refractivity contribution in [3.05, 3.63) is 53.0 Å². The quantitative estimate of drug-likeness (QED) is 0.460. The van der Waals surface area contributed by atoms with Gasteiger partial charge in [0.15, 0.2) is 5.65 Å². The van der Waals surface area contributed by atoms with E-state index in [1.807, 2.05) is 44.4 Å². The van der Waals surface area contributed by atoms with Crippen LogP contribution in [-0.4, -0.2) is 47.0 Å². The zero-order valence-electron chi connectivity index (χ0n) is 17.2. The van der Waals surface area contributed by atoms with Crippen LogP contribution in [0.2, 0.25) is 0 Å². The molecule has 0 aliphatic carbocycles. The number of benzene rings is 1. The Balaban J connectivity index is 1.48. The number of anilines is 1. The monoisotopic (exact) mass is 433 g/mol. The van der Waals surface area contributed by atoms with Gasteiger partial charge in [-0.05, 0) is 60.7 Å². The van der Waals surface area contributed by atoms with Crippen molar-refractivity contribution in [3.8, 4) is 11.8 Å². The Morgan fingerprint density at radius 3 is 2.94 bits per heavy atom. The molecule has 0 saturated carbocycles. The van der Waals surface area contributed by atoms with Crippen LogP contribution in [0.3, 0.4) is 0 Å². The van der Waals surface area contributed by atoms with Crippen molar-refractivity contribution in [1.29, 1.82) is 5.26 Å². The van der Waals surface area contributed by atoms with Gasteiger partial charge in [-0.15, -0.1) is 5.10 Å². The van der Waals surface area contributed by atoms with Gasteiger partial charge in [0, 0.05) is 23.5 Å². The van der Waals surface area contributed by atoms with Crippen LogP contribution >= 0.6 is 11.8 Å². The number of aromatic nitrogens is 7. The summed E-state index contributed by atoms with van der Waals surface area (Å²) in [7, 11) is 0. The third kappa shape index (κ3) is 3.97. The largest absolute Gasteiger partial charge is 0.326 e. The van der Waals surface area contributed by atoms with Crippen molar-refractivity contribution in [2.24, 2.45) is 0 Å². The summed E-state index contributed by atoms with van der Waals surface area (Å²) in [5.41, 5.74) is 5.01. The molecule has 0 atom stereocenters. The van der Waals surface area contributed by atoms with Gasteiger partial charge in [0.1, 0.15) is 11.6 Å². The number of aryl methyl sites for hydroxylation is 2. The molecule has 4 aromatic rings. The first-order valence-electron chi connectivity index (χ1n) is 9.48. The van der Waals surface area contributed by atoms with E-state index in [1.165, 1.54) is 18.0 Å². The van der Waals surface area contributed by atoms with Gasteiger partial charge in [-0.1, -0.05) is 17.8 Å². The first kappa shape index (κ1) is 20.5. The van der Waals surface area contributed by atoms with Crippen LogP contribution in [0.5, 0.6) is 0 Å². The minimum atomic E-state index is -0.115. The summed E-state index contributed by atoms with van der Waals surface area (Å²) in [4.78, 5) is 17.1. The standard InChI is InChI=1S/C20H19N9OS/c1-12-17(13(2)28-19(23-12)14(10-21)11-22-28)7-8-18(30)24-15-5-4-6-16(9-15)29-20(31-3)25-26-27-29/h4-6,9,11H,7-8H2,1-3H3,(H,24,30). The van der Waals surface area contributed by atoms with E-state index < -0.39 is 0 Å². The van der Waals surface area contributed by atoms with Crippen LogP contribution in [0, 0.1) is 25.2 Å². The molecule has 0 fully saturated rings. The number of nitriles is 1. The van der Waals surface area contributed by atoms with Gasteiger partial charge in [0.2, 0.25) is 11.1 Å². The summed E-state index contributed by atoms with van der Waals surface area (Å²) in [6.45, 7) is 3.80. The molecule has 0 aliphatic rings. The molecule has 0 spiro atoms. The first-order valence-corrected chi connectivity index (χ1v) is 10.7. The number of nitrogens with zero attached hydrogens (tertiary/aromatic N) is 8. The fourth-order valence-electron chi connectivity index (χ4n) is 3.40. The molecule has 0 radical (unpaired) electrons. The van der Waals surface area contributed by atoms with Crippen LogP contribution in [0.15, 0.2) is 35.6 Å². The summed E-state index contributed by atoms with van der Waals surface area (Å²) in [5.74, 6) is -0.115. The second kappa shape index (κ2) is 8.53. The molecule has 156 valence electrons. The lowest BCUT2D eigenvalue weighted by Crippen LogP contribution is -2.14. The van der Waals surface area contributed by atoms with Gasteiger partial charge in [-0.2, -0.15) is 15.0 Å². The number of thioether (sulfide) groups is 1. The Bertz CT molecular complexity index is 1320. The van der Waals surface area contributed by atoms with Crippen LogP contribution in [0.1, 0.15) is 28.9 Å². The maximum Gasteiger partial charge on any atom is 0.224 e. The molecule has 0 aliphatic heterocycles. The van der Waals surface area contributed by atoms with E-state index in [-0.39, 0.29) is 12.3 Å². The van der Waals surface area contributed by atoms with E-state index in [0.29, 0.717) is 28.5 Å². The predicted octanol–water partition coefficient (Wildman–Crippen LogP) is 2.49. The third-order valence-corrected chi connectivity index (χ3v) is 5.55. The lowest BCUT2D eigenvalue weighted by atomic mass is 10.1. The van der Waals surface area contributed by atoms with Gasteiger partial charge in [-0.25, -0.2) is 9.50 Å². The number of hydrogen-bond donors (Lipinski definition) is 1. The SMILES string of the molecule is CSc1nnnn1-c1cccc(NC(=O)CCc2c(C)nc3c(C#N)cnn3c2C)c1. The number of carbonyl (C=O) groups excluding carboxylic acids is 1. The highest BCUT2D eigenvalue weighted by atomic mass is 32.2. The number of fused-ring (bicyclic) bond motifs is 1. The van der Waals surface area contributed by atoms with E-state index in [9.17, 15) is 10.1 Å². The molecule has 11 heteroatoms. The fourth-order valence-corrected chi connectivity index (χ4v) is 3.83. The summed E-state index contributed by atoms with van der Waals surface area (Å²) in [6.07, 6.45) is 4.20. The van der Waals surface area contributed by atoms with Gasteiger partial charge in [0.05, 0.1) is 11.9 Å². The van der Waals surface area contributed by atoms with Gasteiger partial charge < -0.3 is 5.32 Å². The van der Waals surface area contributed by atoms with Crippen LogP contribution in [-0.2, 0) is 11.2 Å². The smallest absolute Gasteiger partial charge is 0.224 e. The molecule has 1 aromatic carbocycles. The second-order valence-corrected chi connectivity index (χ2v) is 7.62. The van der Waals surface area contributed by atoms with Crippen molar-refractivity contribution in [1.82, 2.24) is 34.8 Å². The van der Waals surface area contributed by atoms with Crippen molar-refractivity contribution in [2.45, 2.75) is 31.8 Å². The zero-order chi connectivity index (χ0) is 22.0. The number of hydrogen-bond acceptors (Lipinski definition) is 8. The number of tetrazole rings is 1. The predicted molar refractivity (Wildman–Crippen MR) is 115 cm³/mol. The third-order valence-electron chi connectivity index (χ3n) is 4.93. The minimum absolute atomic E-state index is 0.115. The zero-order valence-corrected chi connectivity index (χ0v) is 18.0. The summed E-state index contributed by atoms with van der Waals surface area (Å²) < 4.78 is 3.27. The molecule has 0 unspecified atom stereocenters. The van der Waals surface area contributed by atoms with Crippen molar-refractivity contribution < 1.29 is 4.79 Å². The molecule has 0 bridgehead atoms. The fraction of sp³-hybridized carbons (Fsp3) is 0.250. The molecular formula is C20H19N9OS. The lowest BCUT2D eigenvalue weighted by Gasteiger charge is -2.12. The van der Waals surface area contributed by atoms with Crippen LogP contribution in [0.4, 0.5) is 5.69 Å². The van der Waals surface area contributed by atoms with E-state index in [2.05, 4.69) is 37.0 Å². The van der Waals surface area contributed by atoms with Crippen molar-refractivity contribution in [2.75, 3.05) is 11.6 Å². The topological polar surface area (TPSA) is 127 Å².